The number of benzene rings is 6. The van der Waals surface area contributed by atoms with Gasteiger partial charge in [0.05, 0.1) is 31.9 Å². The van der Waals surface area contributed by atoms with Crippen molar-refractivity contribution in [1.29, 1.82) is 0 Å². The van der Waals surface area contributed by atoms with Crippen LogP contribution in [0.15, 0.2) is 204 Å². The monoisotopic (exact) mass is 728 g/mol. The highest BCUT2D eigenvalue weighted by Crippen LogP contribution is 2.35. The largest absolute Gasteiger partial charge is 0.223 e. The van der Waals surface area contributed by atoms with E-state index in [-0.39, 0.29) is 32.5 Å². The van der Waals surface area contributed by atoms with E-state index in [1.54, 1.807) is 0 Å². The summed E-state index contributed by atoms with van der Waals surface area (Å²) in [6, 6.07) is 59.2. The Labute approximate surface area is 311 Å². The second-order valence-corrected chi connectivity index (χ2v) is 20.2. The molecule has 0 spiro atoms. The van der Waals surface area contributed by atoms with Crippen LogP contribution in [0.3, 0.4) is 0 Å². The molecule has 7 rings (SSSR count). The molecule has 0 aromatic heterocycles. The highest BCUT2D eigenvalue weighted by molar-refractivity contribution is 7.97. The Morgan fingerprint density at radius 3 is 1.08 bits per heavy atom. The van der Waals surface area contributed by atoms with Crippen LogP contribution in [-0.4, -0.2) is 13.7 Å². The van der Waals surface area contributed by atoms with Gasteiger partial charge in [-0.05, 0) is 109 Å². The molecule has 1 aliphatic rings. The van der Waals surface area contributed by atoms with Gasteiger partial charge in [0.2, 0.25) is 0 Å². The molecule has 0 aliphatic heterocycles. The first-order valence-corrected chi connectivity index (χ1v) is 21.8. The summed E-state index contributed by atoms with van der Waals surface area (Å²) in [5.41, 5.74) is 1.57. The van der Waals surface area contributed by atoms with Crippen LogP contribution in [0, 0.1) is 0 Å². The first-order chi connectivity index (χ1) is 24.7. The number of hydrogen-bond donors (Lipinski definition) is 0. The summed E-state index contributed by atoms with van der Waals surface area (Å²) in [7, 11) is -3.53. The molecule has 1 aliphatic carbocycles. The standard InChI is InChI=1S/C24H25O2S2.C22H23S/c25-28(26,23-14-8-3-9-15-23)24-18-16-22(17-19-24)27(20-10-4-1-5-11-20)21-12-6-2-7-13-21;1-22(2,3)18-14-16-21(17-15-18)23(19-10-6-4-7-11-19)20-12-8-5-9-13-20/h1-2,4-7,10-13,16-19,23H,3,8-9,14-15H2;4-17H,1-3H3/q2*+1. The lowest BCUT2D eigenvalue weighted by atomic mass is 9.87. The van der Waals surface area contributed by atoms with Gasteiger partial charge in [0.25, 0.3) is 0 Å². The summed E-state index contributed by atoms with van der Waals surface area (Å²) in [5.74, 6) is 0. The quantitative estimate of drug-likeness (QED) is 0.146. The summed E-state index contributed by atoms with van der Waals surface area (Å²) in [6.07, 6.45) is 4.79. The van der Waals surface area contributed by atoms with Gasteiger partial charge in [0.1, 0.15) is 0 Å². The van der Waals surface area contributed by atoms with Crippen LogP contribution in [0.25, 0.3) is 0 Å². The Morgan fingerprint density at radius 1 is 0.431 bits per heavy atom. The van der Waals surface area contributed by atoms with Crippen LogP contribution >= 0.6 is 0 Å². The SMILES string of the molecule is CC(C)(C)c1ccc([S+](c2ccccc2)c2ccccc2)cc1.O=S(=O)(c1ccc([S+](c2ccccc2)c2ccccc2)cc1)C1CCCCC1. The van der Waals surface area contributed by atoms with Crippen molar-refractivity contribution in [2.24, 2.45) is 0 Å². The van der Waals surface area contributed by atoms with E-state index in [2.05, 4.69) is 154 Å². The van der Waals surface area contributed by atoms with Gasteiger partial charge < -0.3 is 0 Å². The normalized spacial score (nSPS) is 13.8. The predicted octanol–water partition coefficient (Wildman–Crippen LogP) is 12.0. The summed E-state index contributed by atoms with van der Waals surface area (Å²) in [4.78, 5) is 8.17. The van der Waals surface area contributed by atoms with E-state index >= 15 is 0 Å². The maximum atomic E-state index is 13.0. The third kappa shape index (κ3) is 9.26. The van der Waals surface area contributed by atoms with E-state index in [0.717, 1.165) is 37.0 Å². The summed E-state index contributed by atoms with van der Waals surface area (Å²) >= 11 is 0. The maximum absolute atomic E-state index is 13.0. The fraction of sp³-hybridized carbons (Fsp3) is 0.217. The van der Waals surface area contributed by atoms with Crippen molar-refractivity contribution in [3.8, 4) is 0 Å². The van der Waals surface area contributed by atoms with Crippen molar-refractivity contribution < 1.29 is 8.42 Å². The number of rotatable bonds is 8. The fourth-order valence-corrected chi connectivity index (χ4v) is 12.5. The number of sulfone groups is 1. The van der Waals surface area contributed by atoms with E-state index in [1.165, 1.54) is 30.0 Å². The molecule has 0 bridgehead atoms. The minimum Gasteiger partial charge on any atom is -0.223 e. The molecule has 0 heterocycles. The third-order valence-corrected chi connectivity index (χ3v) is 16.0. The van der Waals surface area contributed by atoms with Gasteiger partial charge in [0, 0.05) is 0 Å². The molecule has 51 heavy (non-hydrogen) atoms. The first kappa shape index (κ1) is 36.8. The van der Waals surface area contributed by atoms with E-state index < -0.39 is 9.84 Å². The Hall–Kier alpha value is -4.03. The molecule has 0 N–H and O–H groups in total. The molecule has 0 saturated heterocycles. The molecule has 1 fully saturated rings. The molecule has 260 valence electrons. The summed E-state index contributed by atoms with van der Waals surface area (Å²) in [6.45, 7) is 6.78. The zero-order chi connectivity index (χ0) is 35.7. The van der Waals surface area contributed by atoms with Crippen molar-refractivity contribution in [1.82, 2.24) is 0 Å². The molecule has 0 amide bonds. The first-order valence-electron chi connectivity index (χ1n) is 17.8. The second-order valence-electron chi connectivity index (χ2n) is 13.9. The minimum absolute atomic E-state index is 0.0497. The van der Waals surface area contributed by atoms with E-state index in [1.807, 2.05) is 36.4 Å². The zero-order valence-electron chi connectivity index (χ0n) is 29.8. The van der Waals surface area contributed by atoms with E-state index in [0.29, 0.717) is 4.90 Å². The van der Waals surface area contributed by atoms with Gasteiger partial charge in [-0.2, -0.15) is 0 Å². The van der Waals surface area contributed by atoms with Crippen molar-refractivity contribution in [2.75, 3.05) is 0 Å². The summed E-state index contributed by atoms with van der Waals surface area (Å²) < 4.78 is 26.0. The third-order valence-electron chi connectivity index (χ3n) is 9.25. The molecule has 0 unspecified atom stereocenters. The van der Waals surface area contributed by atoms with E-state index in [9.17, 15) is 8.42 Å². The van der Waals surface area contributed by atoms with Gasteiger partial charge in [-0.3, -0.25) is 0 Å². The Bertz CT molecular complexity index is 1960. The molecule has 6 aromatic carbocycles. The molecule has 0 atom stereocenters. The van der Waals surface area contributed by atoms with Crippen LogP contribution in [0.2, 0.25) is 0 Å². The van der Waals surface area contributed by atoms with Crippen LogP contribution in [0.1, 0.15) is 58.4 Å². The predicted molar refractivity (Wildman–Crippen MR) is 216 cm³/mol. The Kier molecular flexibility index (Phi) is 12.2. The molecule has 1 saturated carbocycles. The Balaban J connectivity index is 0.000000179. The molecule has 0 radical (unpaired) electrons. The Morgan fingerprint density at radius 2 is 0.745 bits per heavy atom. The second kappa shape index (κ2) is 17.0. The van der Waals surface area contributed by atoms with Crippen LogP contribution < -0.4 is 0 Å². The van der Waals surface area contributed by atoms with Crippen LogP contribution in [0.5, 0.6) is 0 Å². The van der Waals surface area contributed by atoms with Crippen LogP contribution in [-0.2, 0) is 37.0 Å². The minimum atomic E-state index is -3.23. The molecular weight excluding hydrogens is 681 g/mol. The topological polar surface area (TPSA) is 34.1 Å². The molecule has 5 heteroatoms. The van der Waals surface area contributed by atoms with Crippen molar-refractivity contribution >= 4 is 31.6 Å². The lowest BCUT2D eigenvalue weighted by Crippen LogP contribution is -2.24. The van der Waals surface area contributed by atoms with Crippen molar-refractivity contribution in [2.45, 2.75) is 97.8 Å². The molecule has 2 nitrogen and oxygen atoms in total. The van der Waals surface area contributed by atoms with Crippen LogP contribution in [0.4, 0.5) is 0 Å². The zero-order valence-corrected chi connectivity index (χ0v) is 32.3. The number of hydrogen-bond acceptors (Lipinski definition) is 2. The summed E-state index contributed by atoms with van der Waals surface area (Å²) in [5, 5.41) is -0.214. The molecule has 6 aromatic rings. The van der Waals surface area contributed by atoms with Gasteiger partial charge in [0.15, 0.2) is 39.2 Å². The molecular formula is C46H48O2S3+2. The van der Waals surface area contributed by atoms with Gasteiger partial charge in [-0.15, -0.1) is 0 Å². The fourth-order valence-electron chi connectivity index (χ4n) is 6.47. The lowest BCUT2D eigenvalue weighted by molar-refractivity contribution is 0.483. The average molecular weight is 729 g/mol. The van der Waals surface area contributed by atoms with Crippen molar-refractivity contribution in [3.63, 3.8) is 0 Å². The van der Waals surface area contributed by atoms with E-state index in [4.69, 9.17) is 0 Å². The smallest absolute Gasteiger partial charge is 0.181 e. The van der Waals surface area contributed by atoms with Crippen molar-refractivity contribution in [3.05, 3.63) is 175 Å². The van der Waals surface area contributed by atoms with Gasteiger partial charge in [-0.1, -0.05) is 125 Å². The highest BCUT2D eigenvalue weighted by atomic mass is 32.2. The highest BCUT2D eigenvalue weighted by Gasteiger charge is 2.32. The van der Waals surface area contributed by atoms with Gasteiger partial charge in [-0.25, -0.2) is 8.42 Å². The maximum Gasteiger partial charge on any atom is 0.181 e. The lowest BCUT2D eigenvalue weighted by Gasteiger charge is -2.21. The average Bonchev–Trinajstić information content (AvgIpc) is 3.17. The van der Waals surface area contributed by atoms with Gasteiger partial charge >= 0.3 is 0 Å².